The lowest BCUT2D eigenvalue weighted by Gasteiger charge is -2.13. The first-order valence-electron chi connectivity index (χ1n) is 6.57. The van der Waals surface area contributed by atoms with Crippen LogP contribution in [0.3, 0.4) is 0 Å². The van der Waals surface area contributed by atoms with Crippen LogP contribution in [-0.2, 0) is 4.74 Å². The van der Waals surface area contributed by atoms with Gasteiger partial charge in [-0.2, -0.15) is 5.10 Å². The summed E-state index contributed by atoms with van der Waals surface area (Å²) in [5.41, 5.74) is 1.55. The number of carbonyl (C=O) groups excluding carboxylic acids is 1. The Hall–Kier alpha value is -2.12. The predicted molar refractivity (Wildman–Crippen MR) is 85.6 cm³/mol. The lowest BCUT2D eigenvalue weighted by Crippen LogP contribution is -2.16. The average molecular weight is 337 g/mol. The van der Waals surface area contributed by atoms with E-state index in [0.717, 1.165) is 15.5 Å². The van der Waals surface area contributed by atoms with Crippen LogP contribution in [0.25, 0.3) is 4.96 Å². The van der Waals surface area contributed by atoms with Gasteiger partial charge in [-0.05, 0) is 38.1 Å². The second kappa shape index (κ2) is 5.94. The number of hydrogen-bond acceptors (Lipinski definition) is 5. The number of rotatable bonds is 3. The van der Waals surface area contributed by atoms with E-state index >= 15 is 0 Å². The van der Waals surface area contributed by atoms with Gasteiger partial charge < -0.3 is 4.74 Å². The number of carbonyl (C=O) groups is 1. The number of nitrogens with one attached hydrogen (secondary N) is 1. The van der Waals surface area contributed by atoms with Crippen molar-refractivity contribution in [3.8, 4) is 0 Å². The fourth-order valence-corrected chi connectivity index (χ4v) is 3.22. The molecule has 2 aromatic heterocycles. The van der Waals surface area contributed by atoms with Gasteiger partial charge in [0.2, 0.25) is 4.96 Å². The number of amides is 1. The Bertz CT molecular complexity index is 812. The minimum Gasteiger partial charge on any atom is -0.440 e. The quantitative estimate of drug-likeness (QED) is 0.783. The molecule has 3 aromatic rings. The Morgan fingerprint density at radius 3 is 2.82 bits per heavy atom. The number of aryl methyl sites for hydroxylation is 1. The summed E-state index contributed by atoms with van der Waals surface area (Å²) in [5.74, 6) is 0. The third kappa shape index (κ3) is 2.90. The number of aromatic nitrogens is 3. The molecule has 6 nitrogen and oxygen atoms in total. The van der Waals surface area contributed by atoms with E-state index in [1.54, 1.807) is 28.8 Å². The summed E-state index contributed by atoms with van der Waals surface area (Å²) in [4.78, 5) is 17.8. The smallest absolute Gasteiger partial charge is 0.412 e. The van der Waals surface area contributed by atoms with E-state index in [2.05, 4.69) is 15.4 Å². The Labute approximate surface area is 135 Å². The number of nitrogens with zero attached hydrogens (tertiary/aromatic N) is 3. The maximum atomic E-state index is 11.9. The van der Waals surface area contributed by atoms with E-state index in [-0.39, 0.29) is 6.10 Å². The van der Waals surface area contributed by atoms with Gasteiger partial charge in [-0.15, -0.1) is 0 Å². The molecule has 1 aromatic carbocycles. The average Bonchev–Trinajstić information content (AvgIpc) is 3.05. The first-order valence-corrected chi connectivity index (χ1v) is 7.76. The standard InChI is InChI=1S/C14H13ClN4O2S/c1-8-12(22-13-16-7-17-19(8)13)9(2)21-14(20)18-11-5-3-10(15)4-6-11/h3-7,9H,1-2H3,(H,18,20). The van der Waals surface area contributed by atoms with E-state index in [0.29, 0.717) is 10.7 Å². The number of halogens is 1. The minimum absolute atomic E-state index is 0.388. The van der Waals surface area contributed by atoms with Crippen molar-refractivity contribution in [1.29, 1.82) is 0 Å². The van der Waals surface area contributed by atoms with E-state index in [1.807, 2.05) is 13.8 Å². The number of hydrogen-bond donors (Lipinski definition) is 1. The first kappa shape index (κ1) is 14.8. The van der Waals surface area contributed by atoms with Gasteiger partial charge in [0.1, 0.15) is 12.4 Å². The van der Waals surface area contributed by atoms with Gasteiger partial charge in [0, 0.05) is 10.7 Å². The number of benzene rings is 1. The highest BCUT2D eigenvalue weighted by molar-refractivity contribution is 7.17. The molecule has 1 unspecified atom stereocenters. The fourth-order valence-electron chi connectivity index (χ4n) is 2.08. The second-order valence-corrected chi connectivity index (χ2v) is 6.13. The number of ether oxygens (including phenoxy) is 1. The molecule has 0 aliphatic carbocycles. The fraction of sp³-hybridized carbons (Fsp3) is 0.214. The van der Waals surface area contributed by atoms with Gasteiger partial charge in [-0.3, -0.25) is 5.32 Å². The van der Waals surface area contributed by atoms with Crippen molar-refractivity contribution in [3.63, 3.8) is 0 Å². The Morgan fingerprint density at radius 2 is 2.14 bits per heavy atom. The molecule has 1 N–H and O–H groups in total. The van der Waals surface area contributed by atoms with Gasteiger partial charge in [-0.25, -0.2) is 14.3 Å². The summed E-state index contributed by atoms with van der Waals surface area (Å²) in [6.45, 7) is 3.74. The summed E-state index contributed by atoms with van der Waals surface area (Å²) in [5, 5.41) is 7.40. The van der Waals surface area contributed by atoms with Crippen LogP contribution in [0.5, 0.6) is 0 Å². The molecule has 0 radical (unpaired) electrons. The number of fused-ring (bicyclic) bond motifs is 1. The zero-order valence-corrected chi connectivity index (χ0v) is 13.5. The van der Waals surface area contributed by atoms with Crippen molar-refractivity contribution < 1.29 is 9.53 Å². The zero-order valence-electron chi connectivity index (χ0n) is 11.9. The van der Waals surface area contributed by atoms with Crippen LogP contribution in [0.1, 0.15) is 23.6 Å². The molecule has 0 aliphatic rings. The zero-order chi connectivity index (χ0) is 15.7. The Kier molecular flexibility index (Phi) is 4.00. The van der Waals surface area contributed by atoms with Gasteiger partial charge in [0.25, 0.3) is 0 Å². The summed E-state index contributed by atoms with van der Waals surface area (Å²) in [7, 11) is 0. The molecular formula is C14H13ClN4O2S. The normalized spacial score (nSPS) is 12.3. The van der Waals surface area contributed by atoms with Crippen molar-refractivity contribution >= 4 is 39.7 Å². The van der Waals surface area contributed by atoms with Crippen LogP contribution in [0, 0.1) is 6.92 Å². The van der Waals surface area contributed by atoms with E-state index in [1.165, 1.54) is 17.7 Å². The first-order chi connectivity index (χ1) is 10.5. The van der Waals surface area contributed by atoms with Crippen molar-refractivity contribution in [3.05, 3.63) is 46.2 Å². The van der Waals surface area contributed by atoms with E-state index in [4.69, 9.17) is 16.3 Å². The monoisotopic (exact) mass is 336 g/mol. The molecule has 0 spiro atoms. The summed E-state index contributed by atoms with van der Waals surface area (Å²) >= 11 is 7.26. The Balaban J connectivity index is 1.69. The van der Waals surface area contributed by atoms with Gasteiger partial charge >= 0.3 is 6.09 Å². The predicted octanol–water partition coefficient (Wildman–Crippen LogP) is 4.06. The third-order valence-corrected chi connectivity index (χ3v) is 4.70. The molecule has 1 atom stereocenters. The van der Waals surface area contributed by atoms with E-state index in [9.17, 15) is 4.79 Å². The van der Waals surface area contributed by atoms with Crippen molar-refractivity contribution in [2.24, 2.45) is 0 Å². The largest absolute Gasteiger partial charge is 0.440 e. The lowest BCUT2D eigenvalue weighted by atomic mass is 10.3. The molecule has 1 amide bonds. The van der Waals surface area contributed by atoms with Gasteiger partial charge in [-0.1, -0.05) is 22.9 Å². The third-order valence-electron chi connectivity index (χ3n) is 3.14. The maximum Gasteiger partial charge on any atom is 0.412 e. The molecule has 3 rings (SSSR count). The van der Waals surface area contributed by atoms with Crippen LogP contribution in [0.15, 0.2) is 30.6 Å². The number of thiazole rings is 1. The molecule has 8 heteroatoms. The molecule has 22 heavy (non-hydrogen) atoms. The molecular weight excluding hydrogens is 324 g/mol. The number of anilines is 1. The molecule has 0 aliphatic heterocycles. The highest BCUT2D eigenvalue weighted by Gasteiger charge is 2.19. The molecule has 0 saturated heterocycles. The maximum absolute atomic E-state index is 11.9. The summed E-state index contributed by atoms with van der Waals surface area (Å²) in [6, 6.07) is 6.82. The van der Waals surface area contributed by atoms with Crippen molar-refractivity contribution in [2.75, 3.05) is 5.32 Å². The molecule has 114 valence electrons. The molecule has 0 bridgehead atoms. The van der Waals surface area contributed by atoms with Crippen LogP contribution in [0.2, 0.25) is 5.02 Å². The SMILES string of the molecule is Cc1c(C(C)OC(=O)Nc2ccc(Cl)cc2)sc2ncnn12. The highest BCUT2D eigenvalue weighted by atomic mass is 35.5. The molecule has 0 saturated carbocycles. The van der Waals surface area contributed by atoms with Crippen molar-refractivity contribution in [2.45, 2.75) is 20.0 Å². The topological polar surface area (TPSA) is 68.5 Å². The van der Waals surface area contributed by atoms with Crippen molar-refractivity contribution in [1.82, 2.24) is 14.6 Å². The summed E-state index contributed by atoms with van der Waals surface area (Å²) in [6.07, 6.45) is 0.593. The molecule has 2 heterocycles. The van der Waals surface area contributed by atoms with Crippen LogP contribution >= 0.6 is 22.9 Å². The highest BCUT2D eigenvalue weighted by Crippen LogP contribution is 2.29. The second-order valence-electron chi connectivity index (χ2n) is 4.69. The van der Waals surface area contributed by atoms with Gasteiger partial charge in [0.15, 0.2) is 0 Å². The lowest BCUT2D eigenvalue weighted by molar-refractivity contribution is 0.122. The Morgan fingerprint density at radius 1 is 1.41 bits per heavy atom. The van der Waals surface area contributed by atoms with Gasteiger partial charge in [0.05, 0.1) is 10.6 Å². The van der Waals surface area contributed by atoms with E-state index < -0.39 is 6.09 Å². The van der Waals surface area contributed by atoms with Crippen LogP contribution < -0.4 is 5.32 Å². The van der Waals surface area contributed by atoms with Crippen LogP contribution in [0.4, 0.5) is 10.5 Å². The van der Waals surface area contributed by atoms with Crippen LogP contribution in [-0.4, -0.2) is 20.7 Å². The minimum atomic E-state index is -0.520. The summed E-state index contributed by atoms with van der Waals surface area (Å²) < 4.78 is 7.14. The molecule has 0 fully saturated rings.